The highest BCUT2D eigenvalue weighted by Gasteiger charge is 2.35. The van der Waals surface area contributed by atoms with Crippen molar-refractivity contribution >= 4 is 21.6 Å². The quantitative estimate of drug-likeness (QED) is 0.862. The average molecular weight is 383 g/mol. The Morgan fingerprint density at radius 3 is 2.92 bits per heavy atom. The van der Waals surface area contributed by atoms with Crippen molar-refractivity contribution in [3.63, 3.8) is 0 Å². The fourth-order valence-electron chi connectivity index (χ4n) is 3.09. The van der Waals surface area contributed by atoms with Crippen molar-refractivity contribution in [2.24, 2.45) is 5.92 Å². The highest BCUT2D eigenvalue weighted by atomic mass is 35.5. The first-order valence-corrected chi connectivity index (χ1v) is 10.2. The third kappa shape index (κ3) is 4.06. The van der Waals surface area contributed by atoms with E-state index in [1.54, 1.807) is 18.6 Å². The number of halogens is 1. The first-order chi connectivity index (χ1) is 11.9. The topological polar surface area (TPSA) is 67.2 Å². The molecule has 1 aromatic carbocycles. The van der Waals surface area contributed by atoms with E-state index in [2.05, 4.69) is 24.1 Å². The maximum Gasteiger partial charge on any atom is 0.262 e. The molecule has 1 saturated heterocycles. The van der Waals surface area contributed by atoms with Gasteiger partial charge in [0, 0.05) is 37.4 Å². The summed E-state index contributed by atoms with van der Waals surface area (Å²) in [4.78, 5) is 4.15. The molecule has 2 aromatic rings. The smallest absolute Gasteiger partial charge is 0.262 e. The molecule has 0 spiro atoms. The molecule has 1 N–H and O–H groups in total. The van der Waals surface area contributed by atoms with Gasteiger partial charge in [-0.05, 0) is 23.6 Å². The Labute approximate surface area is 153 Å². The molecule has 0 saturated carbocycles. The van der Waals surface area contributed by atoms with Gasteiger partial charge in [-0.2, -0.15) is 4.31 Å². The zero-order valence-corrected chi connectivity index (χ0v) is 16.0. The molecule has 0 aliphatic carbocycles. The van der Waals surface area contributed by atoms with Crippen LogP contribution in [-0.4, -0.2) is 41.9 Å². The molecule has 1 unspecified atom stereocenters. The minimum Gasteiger partial charge on any atom is -0.336 e. The summed E-state index contributed by atoms with van der Waals surface area (Å²) in [6.45, 7) is 6.47. The van der Waals surface area contributed by atoms with Crippen LogP contribution in [0.15, 0.2) is 41.8 Å². The van der Waals surface area contributed by atoms with Crippen LogP contribution < -0.4 is 5.32 Å². The van der Waals surface area contributed by atoms with Crippen molar-refractivity contribution in [3.8, 4) is 0 Å². The molecule has 0 radical (unpaired) electrons. The van der Waals surface area contributed by atoms with Crippen molar-refractivity contribution in [2.75, 3.05) is 19.6 Å². The Kier molecular flexibility index (Phi) is 5.48. The summed E-state index contributed by atoms with van der Waals surface area (Å²) in [7, 11) is -3.67. The molecule has 1 aliphatic heterocycles. The normalized spacial score (nSPS) is 19.4. The SMILES string of the molecule is CC(C)Cn1cnc(S(=O)(=O)N2CCNCC2c2cccc(Cl)c2)c1. The number of hydrogen-bond donors (Lipinski definition) is 1. The molecule has 136 valence electrons. The van der Waals surface area contributed by atoms with E-state index >= 15 is 0 Å². The van der Waals surface area contributed by atoms with E-state index in [1.807, 2.05) is 22.8 Å². The Bertz CT molecular complexity index is 835. The third-order valence-electron chi connectivity index (χ3n) is 4.19. The van der Waals surface area contributed by atoms with E-state index in [0.29, 0.717) is 30.6 Å². The number of aromatic nitrogens is 2. The van der Waals surface area contributed by atoms with Crippen LogP contribution in [0.5, 0.6) is 0 Å². The molecule has 1 aromatic heterocycles. The molecular weight excluding hydrogens is 360 g/mol. The minimum absolute atomic E-state index is 0.0991. The maximum atomic E-state index is 13.1. The lowest BCUT2D eigenvalue weighted by molar-refractivity contribution is 0.271. The minimum atomic E-state index is -3.67. The largest absolute Gasteiger partial charge is 0.336 e. The van der Waals surface area contributed by atoms with E-state index in [4.69, 9.17) is 11.6 Å². The van der Waals surface area contributed by atoms with Gasteiger partial charge in [0.05, 0.1) is 12.4 Å². The number of imidazole rings is 1. The number of rotatable bonds is 5. The van der Waals surface area contributed by atoms with Gasteiger partial charge in [0.1, 0.15) is 0 Å². The van der Waals surface area contributed by atoms with Crippen LogP contribution >= 0.6 is 11.6 Å². The van der Waals surface area contributed by atoms with Crippen molar-refractivity contribution in [3.05, 3.63) is 47.4 Å². The highest BCUT2D eigenvalue weighted by Crippen LogP contribution is 2.29. The number of hydrogen-bond acceptors (Lipinski definition) is 4. The van der Waals surface area contributed by atoms with Gasteiger partial charge < -0.3 is 9.88 Å². The zero-order valence-electron chi connectivity index (χ0n) is 14.4. The Morgan fingerprint density at radius 1 is 1.40 bits per heavy atom. The van der Waals surface area contributed by atoms with Gasteiger partial charge in [0.2, 0.25) is 0 Å². The number of benzene rings is 1. The van der Waals surface area contributed by atoms with Crippen molar-refractivity contribution in [1.82, 2.24) is 19.2 Å². The van der Waals surface area contributed by atoms with Gasteiger partial charge >= 0.3 is 0 Å². The summed E-state index contributed by atoms with van der Waals surface area (Å²) >= 11 is 6.09. The van der Waals surface area contributed by atoms with E-state index in [1.165, 1.54) is 4.31 Å². The predicted molar refractivity (Wildman–Crippen MR) is 98.0 cm³/mol. The third-order valence-corrected chi connectivity index (χ3v) is 6.22. The van der Waals surface area contributed by atoms with Crippen LogP contribution in [0.4, 0.5) is 0 Å². The van der Waals surface area contributed by atoms with Gasteiger partial charge in [-0.15, -0.1) is 0 Å². The lowest BCUT2D eigenvalue weighted by atomic mass is 10.1. The van der Waals surface area contributed by atoms with Gasteiger partial charge in [-0.25, -0.2) is 13.4 Å². The Morgan fingerprint density at radius 2 is 2.20 bits per heavy atom. The molecule has 1 fully saturated rings. The number of piperazine rings is 1. The molecule has 25 heavy (non-hydrogen) atoms. The zero-order chi connectivity index (χ0) is 18.0. The standard InChI is InChI=1S/C17H23ClN4O2S/c1-13(2)10-21-11-17(20-12-21)25(23,24)22-7-6-19-9-16(22)14-4-3-5-15(18)8-14/h3-5,8,11-13,16,19H,6-7,9-10H2,1-2H3. The molecular formula is C17H23ClN4O2S. The van der Waals surface area contributed by atoms with Crippen molar-refractivity contribution in [2.45, 2.75) is 31.5 Å². The number of nitrogens with one attached hydrogen (secondary N) is 1. The molecule has 3 rings (SSSR count). The summed E-state index contributed by atoms with van der Waals surface area (Å²) in [5.74, 6) is 0.420. The maximum absolute atomic E-state index is 13.1. The van der Waals surface area contributed by atoms with Crippen molar-refractivity contribution in [1.29, 1.82) is 0 Å². The molecule has 2 heterocycles. The molecule has 1 atom stereocenters. The molecule has 6 nitrogen and oxygen atoms in total. The second-order valence-electron chi connectivity index (χ2n) is 6.69. The molecule has 1 aliphatic rings. The second kappa shape index (κ2) is 7.45. The van der Waals surface area contributed by atoms with Crippen LogP contribution in [0.25, 0.3) is 0 Å². The van der Waals surface area contributed by atoms with E-state index < -0.39 is 10.0 Å². The van der Waals surface area contributed by atoms with Crippen LogP contribution in [0, 0.1) is 5.92 Å². The molecule has 0 bridgehead atoms. The molecule has 8 heteroatoms. The van der Waals surface area contributed by atoms with Gasteiger partial charge in [0.25, 0.3) is 10.0 Å². The highest BCUT2D eigenvalue weighted by molar-refractivity contribution is 7.89. The van der Waals surface area contributed by atoms with Crippen LogP contribution in [0.3, 0.4) is 0 Å². The average Bonchev–Trinajstić information content (AvgIpc) is 3.03. The first-order valence-electron chi connectivity index (χ1n) is 8.37. The number of nitrogens with zero attached hydrogens (tertiary/aromatic N) is 3. The fourth-order valence-corrected chi connectivity index (χ4v) is 4.84. The van der Waals surface area contributed by atoms with Gasteiger partial charge in [-0.1, -0.05) is 37.6 Å². The summed E-state index contributed by atoms with van der Waals surface area (Å²) in [5, 5.41) is 3.96. The lowest BCUT2D eigenvalue weighted by Crippen LogP contribution is -2.48. The summed E-state index contributed by atoms with van der Waals surface area (Å²) < 4.78 is 29.6. The second-order valence-corrected chi connectivity index (χ2v) is 8.97. The summed E-state index contributed by atoms with van der Waals surface area (Å²) in [6, 6.07) is 7.05. The molecule has 0 amide bonds. The van der Waals surface area contributed by atoms with Gasteiger partial charge in [-0.3, -0.25) is 0 Å². The fraction of sp³-hybridized carbons (Fsp3) is 0.471. The van der Waals surface area contributed by atoms with Crippen molar-refractivity contribution < 1.29 is 8.42 Å². The van der Waals surface area contributed by atoms with E-state index in [-0.39, 0.29) is 11.1 Å². The lowest BCUT2D eigenvalue weighted by Gasteiger charge is -2.35. The summed E-state index contributed by atoms with van der Waals surface area (Å²) in [6.07, 6.45) is 3.20. The predicted octanol–water partition coefficient (Wildman–Crippen LogP) is 2.53. The van der Waals surface area contributed by atoms with E-state index in [9.17, 15) is 8.42 Å². The monoisotopic (exact) mass is 382 g/mol. The van der Waals surface area contributed by atoms with E-state index in [0.717, 1.165) is 12.1 Å². The number of sulfonamides is 1. The van der Waals surface area contributed by atoms with Crippen LogP contribution in [0.1, 0.15) is 25.5 Å². The van der Waals surface area contributed by atoms with Crippen LogP contribution in [0.2, 0.25) is 5.02 Å². The summed E-state index contributed by atoms with van der Waals surface area (Å²) in [5.41, 5.74) is 0.880. The Hall–Kier alpha value is -1.41. The van der Waals surface area contributed by atoms with Gasteiger partial charge in [0.15, 0.2) is 5.03 Å². The Balaban J connectivity index is 1.92. The van der Waals surface area contributed by atoms with Crippen LogP contribution in [-0.2, 0) is 16.6 Å². The first kappa shape index (κ1) is 18.4.